The minimum absolute atomic E-state index is 0.0271. The largest absolute Gasteiger partial charge is 0.476 e. The monoisotopic (exact) mass is 839 g/mol. The van der Waals surface area contributed by atoms with E-state index in [1.807, 2.05) is 27.7 Å². The summed E-state index contributed by atoms with van der Waals surface area (Å²) in [5, 5.41) is 15.8. The van der Waals surface area contributed by atoms with Gasteiger partial charge in [-0.2, -0.15) is 15.0 Å². The quantitative estimate of drug-likeness (QED) is 0.110. The lowest BCUT2D eigenvalue weighted by Crippen LogP contribution is -2.28. The molecule has 3 N–H and O–H groups in total. The second kappa shape index (κ2) is 18.2. The summed E-state index contributed by atoms with van der Waals surface area (Å²) in [5.41, 5.74) is 7.99. The van der Waals surface area contributed by atoms with Crippen molar-refractivity contribution in [3.63, 3.8) is 0 Å². The second-order valence-corrected chi connectivity index (χ2v) is 14.6. The van der Waals surface area contributed by atoms with Gasteiger partial charge in [-0.25, -0.2) is 28.5 Å². The zero-order valence-corrected chi connectivity index (χ0v) is 33.7. The number of Topliss-reactive ketones (excluding diaryl/α,β-unsaturated/α-hetero) is 1. The number of carboxylic acids is 1. The number of rotatable bonds is 12. The van der Waals surface area contributed by atoms with Crippen LogP contribution in [-0.4, -0.2) is 63.6 Å². The molecule has 0 unspecified atom stereocenters. The number of nitrogens with two attached hydrogens (primary N) is 1. The van der Waals surface area contributed by atoms with E-state index in [-0.39, 0.29) is 64.1 Å². The van der Waals surface area contributed by atoms with E-state index in [0.717, 1.165) is 17.5 Å². The molecule has 61 heavy (non-hydrogen) atoms. The average Bonchev–Trinajstić information content (AvgIpc) is 4.09. The van der Waals surface area contributed by atoms with Crippen molar-refractivity contribution in [1.82, 2.24) is 40.2 Å². The Balaban J connectivity index is 0.000000169. The molecular formula is C41H39F2N9O9. The molecule has 0 saturated heterocycles. The molecular weight excluding hydrogens is 801 g/mol. The highest BCUT2D eigenvalue weighted by molar-refractivity contribution is 5.94. The summed E-state index contributed by atoms with van der Waals surface area (Å²) >= 11 is 0. The third-order valence-corrected chi connectivity index (χ3v) is 9.02. The third kappa shape index (κ3) is 10.8. The number of carbonyl (C=O) groups is 2. The first-order valence-corrected chi connectivity index (χ1v) is 18.4. The van der Waals surface area contributed by atoms with Crippen molar-refractivity contribution in [3.05, 3.63) is 120 Å². The van der Waals surface area contributed by atoms with E-state index < -0.39 is 11.4 Å². The molecule has 316 valence electrons. The summed E-state index contributed by atoms with van der Waals surface area (Å²) in [6, 6.07) is 12.0. The lowest BCUT2D eigenvalue weighted by molar-refractivity contribution is 0.0690. The standard InChI is InChI=1S/C21H19FN4O4.C13H15FN2O.C7H5N3O4/c1-12-23-18(26-30-12)20-24-15(10-28-20)16(27)8-9-21(2,3)17-11-29-19(25-17)13-4-6-14(22)7-5-13;1-13(2,8-15)11-7-17-12(16-11)9-3-5-10(14)6-4-9;1-3-8-5(10-14-3)6-9-4(2-13-6)7(11)12/h4-7,10-11H,8-9H2,1-3H3;3-7H,8,15H2,1-2H3;2H,1H3,(H,11,12). The Morgan fingerprint density at radius 3 is 1.44 bits per heavy atom. The highest BCUT2D eigenvalue weighted by atomic mass is 19.1. The number of halogens is 2. The molecule has 0 bridgehead atoms. The first kappa shape index (κ1) is 43.1. The maximum atomic E-state index is 13.1. The van der Waals surface area contributed by atoms with Crippen LogP contribution in [0.25, 0.3) is 46.3 Å². The predicted molar refractivity (Wildman–Crippen MR) is 208 cm³/mol. The Kier molecular flexibility index (Phi) is 12.9. The molecule has 6 aromatic heterocycles. The van der Waals surface area contributed by atoms with Crippen LogP contribution >= 0.6 is 0 Å². The van der Waals surface area contributed by atoms with Crippen LogP contribution in [0.2, 0.25) is 0 Å². The Labute approximate surface area is 345 Å². The summed E-state index contributed by atoms with van der Waals surface area (Å²) in [4.78, 5) is 47.6. The molecule has 2 aromatic carbocycles. The van der Waals surface area contributed by atoms with Gasteiger partial charge in [0.2, 0.25) is 23.6 Å². The number of oxazole rings is 4. The summed E-state index contributed by atoms with van der Waals surface area (Å²) in [6.07, 6.45) is 6.23. The topological polar surface area (TPSA) is 262 Å². The fourth-order valence-corrected chi connectivity index (χ4v) is 5.16. The molecule has 0 amide bonds. The van der Waals surface area contributed by atoms with Crippen LogP contribution in [0.1, 0.15) is 84.7 Å². The SMILES string of the molecule is CC(C)(CN)c1coc(-c2ccc(F)cc2)n1.Cc1nc(-c2nc(C(=O)CCC(C)(C)c3coc(-c4ccc(F)cc4)n3)co2)no1.Cc1nc(-c2nc(C(=O)O)co2)no1. The summed E-state index contributed by atoms with van der Waals surface area (Å²) < 4.78 is 56.5. The van der Waals surface area contributed by atoms with Crippen LogP contribution in [0.5, 0.6) is 0 Å². The number of benzene rings is 2. The number of carbonyl (C=O) groups excluding carboxylic acids is 1. The third-order valence-electron chi connectivity index (χ3n) is 9.02. The first-order chi connectivity index (χ1) is 29.0. The van der Waals surface area contributed by atoms with Crippen molar-refractivity contribution < 1.29 is 50.2 Å². The number of nitrogens with zero attached hydrogens (tertiary/aromatic N) is 8. The molecule has 0 atom stereocenters. The molecule has 8 rings (SSSR count). The number of hydrogen-bond acceptors (Lipinski definition) is 17. The van der Waals surface area contributed by atoms with Crippen LogP contribution in [0.3, 0.4) is 0 Å². The molecule has 0 saturated carbocycles. The van der Waals surface area contributed by atoms with Crippen molar-refractivity contribution >= 4 is 11.8 Å². The molecule has 6 heterocycles. The van der Waals surface area contributed by atoms with Crippen LogP contribution in [0, 0.1) is 25.5 Å². The number of hydrogen-bond donors (Lipinski definition) is 2. The number of carboxylic acid groups (broad SMARTS) is 1. The Morgan fingerprint density at radius 1 is 0.607 bits per heavy atom. The highest BCUT2D eigenvalue weighted by Crippen LogP contribution is 2.31. The maximum absolute atomic E-state index is 13.1. The lowest BCUT2D eigenvalue weighted by Gasteiger charge is -2.20. The molecule has 0 fully saturated rings. The van der Waals surface area contributed by atoms with Crippen molar-refractivity contribution in [3.8, 4) is 46.3 Å². The van der Waals surface area contributed by atoms with Gasteiger partial charge in [-0.15, -0.1) is 0 Å². The average molecular weight is 840 g/mol. The smallest absolute Gasteiger partial charge is 0.357 e. The lowest BCUT2D eigenvalue weighted by atomic mass is 9.84. The summed E-state index contributed by atoms with van der Waals surface area (Å²) in [5.74, 6) is 0.188. The van der Waals surface area contributed by atoms with E-state index >= 15 is 0 Å². The summed E-state index contributed by atoms with van der Waals surface area (Å²) in [7, 11) is 0. The van der Waals surface area contributed by atoms with E-state index in [1.54, 1.807) is 50.6 Å². The molecule has 0 aliphatic rings. The van der Waals surface area contributed by atoms with Gasteiger partial charge in [0.15, 0.2) is 11.5 Å². The van der Waals surface area contributed by atoms with Crippen molar-refractivity contribution in [2.75, 3.05) is 6.54 Å². The number of ketones is 1. The highest BCUT2D eigenvalue weighted by Gasteiger charge is 2.28. The van der Waals surface area contributed by atoms with Crippen LogP contribution in [0.15, 0.2) is 100 Å². The maximum Gasteiger partial charge on any atom is 0.357 e. The predicted octanol–water partition coefficient (Wildman–Crippen LogP) is 8.22. The van der Waals surface area contributed by atoms with Gasteiger partial charge >= 0.3 is 5.97 Å². The van der Waals surface area contributed by atoms with E-state index in [4.69, 9.17) is 33.0 Å². The van der Waals surface area contributed by atoms with Crippen molar-refractivity contribution in [2.24, 2.45) is 5.73 Å². The minimum Gasteiger partial charge on any atom is -0.476 e. The molecule has 20 heteroatoms. The molecule has 0 aliphatic carbocycles. The van der Waals surface area contributed by atoms with Crippen molar-refractivity contribution in [1.29, 1.82) is 0 Å². The zero-order valence-electron chi connectivity index (χ0n) is 33.7. The number of aryl methyl sites for hydroxylation is 2. The fourth-order valence-electron chi connectivity index (χ4n) is 5.16. The van der Waals surface area contributed by atoms with E-state index in [2.05, 4.69) is 44.7 Å². The minimum atomic E-state index is -1.17. The van der Waals surface area contributed by atoms with E-state index in [1.165, 1.54) is 30.5 Å². The van der Waals surface area contributed by atoms with Gasteiger partial charge in [0.1, 0.15) is 42.4 Å². The van der Waals surface area contributed by atoms with Crippen LogP contribution < -0.4 is 5.73 Å². The normalized spacial score (nSPS) is 11.4. The summed E-state index contributed by atoms with van der Waals surface area (Å²) in [6.45, 7) is 11.7. The van der Waals surface area contributed by atoms with Gasteiger partial charge in [0.25, 0.3) is 23.4 Å². The Hall–Kier alpha value is -7.48. The second-order valence-electron chi connectivity index (χ2n) is 14.6. The van der Waals surface area contributed by atoms with Gasteiger partial charge in [0.05, 0.1) is 11.4 Å². The van der Waals surface area contributed by atoms with Gasteiger partial charge in [-0.3, -0.25) is 4.79 Å². The number of aromatic carboxylic acids is 1. The van der Waals surface area contributed by atoms with Gasteiger partial charge in [-0.05, 0) is 55.0 Å². The van der Waals surface area contributed by atoms with Crippen LogP contribution in [0.4, 0.5) is 8.78 Å². The molecule has 0 radical (unpaired) electrons. The molecule has 0 aliphatic heterocycles. The Bertz CT molecular complexity index is 2710. The van der Waals surface area contributed by atoms with Gasteiger partial charge < -0.3 is 37.6 Å². The zero-order chi connectivity index (χ0) is 43.9. The van der Waals surface area contributed by atoms with Crippen LogP contribution in [-0.2, 0) is 10.8 Å². The molecule has 18 nitrogen and oxygen atoms in total. The fraction of sp³-hybridized carbons (Fsp3) is 0.268. The van der Waals surface area contributed by atoms with Gasteiger partial charge in [0, 0.05) is 48.8 Å². The number of aromatic nitrogens is 8. The van der Waals surface area contributed by atoms with E-state index in [9.17, 15) is 18.4 Å². The van der Waals surface area contributed by atoms with Gasteiger partial charge in [-0.1, -0.05) is 38.0 Å². The van der Waals surface area contributed by atoms with E-state index in [0.29, 0.717) is 47.8 Å². The Morgan fingerprint density at radius 2 is 1.03 bits per heavy atom. The van der Waals surface area contributed by atoms with Crippen molar-refractivity contribution in [2.45, 2.75) is 65.2 Å². The molecule has 0 spiro atoms. The molecule has 8 aromatic rings. The first-order valence-electron chi connectivity index (χ1n) is 18.4.